The first kappa shape index (κ1) is 21.9. The number of anilines is 1. The lowest BCUT2D eigenvalue weighted by Crippen LogP contribution is -2.36. The first-order valence-corrected chi connectivity index (χ1v) is 11.5. The quantitative estimate of drug-likeness (QED) is 0.374. The van der Waals surface area contributed by atoms with Gasteiger partial charge < -0.3 is 10.0 Å². The Hall–Kier alpha value is -3.89. The molecule has 0 spiro atoms. The van der Waals surface area contributed by atoms with Crippen LogP contribution in [0.25, 0.3) is 11.1 Å². The van der Waals surface area contributed by atoms with Crippen molar-refractivity contribution in [1.82, 2.24) is 0 Å². The number of carbonyl (C=O) groups is 1. The summed E-state index contributed by atoms with van der Waals surface area (Å²) < 4.78 is 0. The molecule has 1 atom stereocenters. The highest BCUT2D eigenvalue weighted by molar-refractivity contribution is 6.32. The van der Waals surface area contributed by atoms with Gasteiger partial charge in [-0.3, -0.25) is 9.79 Å². The molecule has 1 heterocycles. The Kier molecular flexibility index (Phi) is 5.91. The second kappa shape index (κ2) is 9.16. The molecule has 1 unspecified atom stereocenters. The van der Waals surface area contributed by atoms with Crippen LogP contribution in [-0.4, -0.2) is 22.8 Å². The Morgan fingerprint density at radius 2 is 1.50 bits per heavy atom. The maximum absolute atomic E-state index is 13.5. The van der Waals surface area contributed by atoms with Gasteiger partial charge in [-0.05, 0) is 66.1 Å². The number of benzene rings is 4. The van der Waals surface area contributed by atoms with Crippen LogP contribution >= 0.6 is 11.6 Å². The van der Waals surface area contributed by atoms with Crippen LogP contribution in [0.4, 0.5) is 5.69 Å². The minimum absolute atomic E-state index is 0.0792. The second-order valence-electron chi connectivity index (χ2n) is 8.35. The number of fused-ring (bicyclic) bond motifs is 1. The SMILES string of the molecule is CC1N=C(c2ccc(O)cc2)c2cc(Cl)ccc2N(Cc2ccc(-c3ccccc3)cc2)C1=O. The van der Waals surface area contributed by atoms with Crippen LogP contribution in [0.3, 0.4) is 0 Å². The summed E-state index contributed by atoms with van der Waals surface area (Å²) in [5, 5.41) is 10.3. The van der Waals surface area contributed by atoms with Gasteiger partial charge in [-0.25, -0.2) is 0 Å². The van der Waals surface area contributed by atoms with Gasteiger partial charge in [0, 0.05) is 16.1 Å². The molecule has 0 radical (unpaired) electrons. The smallest absolute Gasteiger partial charge is 0.251 e. The van der Waals surface area contributed by atoms with E-state index in [1.165, 1.54) is 0 Å². The summed E-state index contributed by atoms with van der Waals surface area (Å²) in [6.07, 6.45) is 0. The summed E-state index contributed by atoms with van der Waals surface area (Å²) in [6.45, 7) is 2.23. The number of phenols is 1. The standard InChI is InChI=1S/C29H23ClN2O2/c1-19-29(34)32(18-20-7-9-22(10-8-20)21-5-3-2-4-6-21)27-16-13-24(30)17-26(27)28(31-19)23-11-14-25(33)15-12-23/h2-17,19,33H,18H2,1H3. The summed E-state index contributed by atoms with van der Waals surface area (Å²) in [7, 11) is 0. The van der Waals surface area contributed by atoms with Crippen molar-refractivity contribution in [3.8, 4) is 16.9 Å². The van der Waals surface area contributed by atoms with Gasteiger partial charge in [-0.2, -0.15) is 0 Å². The van der Waals surface area contributed by atoms with E-state index in [0.717, 1.165) is 33.5 Å². The van der Waals surface area contributed by atoms with Crippen LogP contribution in [0, 0.1) is 0 Å². The molecule has 1 aliphatic heterocycles. The molecule has 4 aromatic rings. The maximum atomic E-state index is 13.5. The van der Waals surface area contributed by atoms with Gasteiger partial charge in [0.1, 0.15) is 11.8 Å². The molecular weight excluding hydrogens is 444 g/mol. The van der Waals surface area contributed by atoms with Gasteiger partial charge in [0.2, 0.25) is 0 Å². The summed E-state index contributed by atoms with van der Waals surface area (Å²) in [4.78, 5) is 20.0. The van der Waals surface area contributed by atoms with Crippen LogP contribution < -0.4 is 4.90 Å². The minimum atomic E-state index is -0.571. The number of benzodiazepines with no additional fused rings is 1. The first-order chi connectivity index (χ1) is 16.5. The van der Waals surface area contributed by atoms with Crippen LogP contribution in [0.15, 0.2) is 102 Å². The summed E-state index contributed by atoms with van der Waals surface area (Å²) in [5.74, 6) is 0.0958. The van der Waals surface area contributed by atoms with E-state index in [9.17, 15) is 9.90 Å². The molecule has 0 bridgehead atoms. The Labute approximate surface area is 203 Å². The number of amides is 1. The molecule has 0 aliphatic carbocycles. The van der Waals surface area contributed by atoms with Crippen molar-refractivity contribution in [3.05, 3.63) is 119 Å². The number of phenolic OH excluding ortho intramolecular Hbond substituents is 1. The number of halogens is 1. The second-order valence-corrected chi connectivity index (χ2v) is 8.79. The number of carbonyl (C=O) groups excluding carboxylic acids is 1. The number of hydrogen-bond acceptors (Lipinski definition) is 3. The average Bonchev–Trinajstić information content (AvgIpc) is 2.96. The van der Waals surface area contributed by atoms with Crippen LogP contribution in [0.1, 0.15) is 23.6 Å². The molecule has 1 N–H and O–H groups in total. The lowest BCUT2D eigenvalue weighted by atomic mass is 9.99. The van der Waals surface area contributed by atoms with E-state index < -0.39 is 6.04 Å². The molecule has 4 nitrogen and oxygen atoms in total. The number of hydrogen-bond donors (Lipinski definition) is 1. The molecule has 0 saturated heterocycles. The van der Waals surface area contributed by atoms with E-state index in [4.69, 9.17) is 16.6 Å². The Balaban J connectivity index is 1.53. The molecular formula is C29H23ClN2O2. The zero-order chi connectivity index (χ0) is 23.7. The number of aliphatic imine (C=N–C) groups is 1. The molecule has 0 aromatic heterocycles. The zero-order valence-electron chi connectivity index (χ0n) is 18.6. The number of rotatable bonds is 4. The van der Waals surface area contributed by atoms with Gasteiger partial charge in [0.25, 0.3) is 5.91 Å². The summed E-state index contributed by atoms with van der Waals surface area (Å²) in [5.41, 5.74) is 6.35. The monoisotopic (exact) mass is 466 g/mol. The largest absolute Gasteiger partial charge is 0.508 e. The van der Waals surface area contributed by atoms with Gasteiger partial charge in [-0.15, -0.1) is 0 Å². The van der Waals surface area contributed by atoms with E-state index in [0.29, 0.717) is 17.3 Å². The van der Waals surface area contributed by atoms with E-state index >= 15 is 0 Å². The van der Waals surface area contributed by atoms with Gasteiger partial charge in [-0.1, -0.05) is 66.2 Å². The third-order valence-electron chi connectivity index (χ3n) is 5.99. The summed E-state index contributed by atoms with van der Waals surface area (Å²) in [6, 6.07) is 30.3. The highest BCUT2D eigenvalue weighted by Gasteiger charge is 2.30. The van der Waals surface area contributed by atoms with E-state index in [1.54, 1.807) is 35.2 Å². The van der Waals surface area contributed by atoms with Gasteiger partial charge >= 0.3 is 0 Å². The topological polar surface area (TPSA) is 52.9 Å². The molecule has 5 rings (SSSR count). The summed E-state index contributed by atoms with van der Waals surface area (Å²) >= 11 is 6.37. The zero-order valence-corrected chi connectivity index (χ0v) is 19.4. The molecule has 168 valence electrons. The molecule has 1 amide bonds. The fourth-order valence-corrected chi connectivity index (χ4v) is 4.40. The molecule has 34 heavy (non-hydrogen) atoms. The Morgan fingerprint density at radius 3 is 2.21 bits per heavy atom. The van der Waals surface area contributed by atoms with E-state index in [2.05, 4.69) is 36.4 Å². The normalized spacial score (nSPS) is 15.5. The van der Waals surface area contributed by atoms with Crippen molar-refractivity contribution < 1.29 is 9.90 Å². The molecule has 5 heteroatoms. The molecule has 0 saturated carbocycles. The van der Waals surface area contributed by atoms with Crippen LogP contribution in [0.2, 0.25) is 5.02 Å². The highest BCUT2D eigenvalue weighted by atomic mass is 35.5. The fourth-order valence-electron chi connectivity index (χ4n) is 4.22. The van der Waals surface area contributed by atoms with Crippen molar-refractivity contribution in [2.45, 2.75) is 19.5 Å². The lowest BCUT2D eigenvalue weighted by molar-refractivity contribution is -0.119. The number of aromatic hydroxyl groups is 1. The Bertz CT molecular complexity index is 1360. The van der Waals surface area contributed by atoms with Gasteiger partial charge in [0.15, 0.2) is 0 Å². The fraction of sp³-hybridized carbons (Fsp3) is 0.103. The maximum Gasteiger partial charge on any atom is 0.251 e. The number of nitrogens with zero attached hydrogens (tertiary/aromatic N) is 2. The van der Waals surface area contributed by atoms with Crippen molar-refractivity contribution in [2.75, 3.05) is 4.90 Å². The van der Waals surface area contributed by atoms with Crippen molar-refractivity contribution in [2.24, 2.45) is 4.99 Å². The predicted molar refractivity (Wildman–Crippen MR) is 138 cm³/mol. The van der Waals surface area contributed by atoms with Crippen LogP contribution in [0.5, 0.6) is 5.75 Å². The van der Waals surface area contributed by atoms with Crippen LogP contribution in [-0.2, 0) is 11.3 Å². The average molecular weight is 467 g/mol. The first-order valence-electron chi connectivity index (χ1n) is 11.1. The van der Waals surface area contributed by atoms with E-state index in [1.807, 2.05) is 37.3 Å². The lowest BCUT2D eigenvalue weighted by Gasteiger charge is -2.25. The van der Waals surface area contributed by atoms with Crippen molar-refractivity contribution in [3.63, 3.8) is 0 Å². The van der Waals surface area contributed by atoms with Gasteiger partial charge in [0.05, 0.1) is 17.9 Å². The third kappa shape index (κ3) is 4.33. The van der Waals surface area contributed by atoms with E-state index in [-0.39, 0.29) is 11.7 Å². The third-order valence-corrected chi connectivity index (χ3v) is 6.23. The van der Waals surface area contributed by atoms with Crippen molar-refractivity contribution in [1.29, 1.82) is 0 Å². The molecule has 4 aromatic carbocycles. The molecule has 0 fully saturated rings. The molecule has 1 aliphatic rings. The Morgan fingerprint density at radius 1 is 0.853 bits per heavy atom. The predicted octanol–water partition coefficient (Wildman–Crippen LogP) is 6.49. The van der Waals surface area contributed by atoms with Crippen molar-refractivity contribution >= 4 is 28.9 Å². The minimum Gasteiger partial charge on any atom is -0.508 e. The highest BCUT2D eigenvalue weighted by Crippen LogP contribution is 2.32.